The van der Waals surface area contributed by atoms with Crippen molar-refractivity contribution in [2.75, 3.05) is 6.61 Å². The van der Waals surface area contributed by atoms with Crippen molar-refractivity contribution < 1.29 is 27.5 Å². The number of ether oxygens (including phenoxy) is 1. The van der Waals surface area contributed by atoms with E-state index in [4.69, 9.17) is 0 Å². The van der Waals surface area contributed by atoms with Gasteiger partial charge in [-0.2, -0.15) is 0 Å². The monoisotopic (exact) mass is 271 g/mol. The Morgan fingerprint density at radius 1 is 1.47 bits per heavy atom. The van der Waals surface area contributed by atoms with Gasteiger partial charge in [-0.05, 0) is 13.0 Å². The lowest BCUT2D eigenvalue weighted by Gasteiger charge is -2.20. The van der Waals surface area contributed by atoms with Crippen LogP contribution in [0.5, 0.6) is 0 Å². The molecule has 1 atom stereocenters. The molecular weight excluding hydrogens is 263 g/mol. The summed E-state index contributed by atoms with van der Waals surface area (Å²) in [5.74, 6) is -5.00. The Kier molecular flexibility index (Phi) is 3.37. The Hall–Kier alpha value is -2.18. The highest BCUT2D eigenvalue weighted by Gasteiger charge is 2.38. The molecule has 0 spiro atoms. The predicted molar refractivity (Wildman–Crippen MR) is 59.4 cm³/mol. The second kappa shape index (κ2) is 4.83. The first kappa shape index (κ1) is 13.3. The number of carbonyl (C=O) groups excluding carboxylic acids is 2. The summed E-state index contributed by atoms with van der Waals surface area (Å²) in [5, 5.41) is 0. The fraction of sp³-hybridized carbons (Fsp3) is 0.250. The van der Waals surface area contributed by atoms with Crippen LogP contribution in [0.2, 0.25) is 0 Å². The highest BCUT2D eigenvalue weighted by atomic mass is 19.2. The van der Waals surface area contributed by atoms with Crippen LogP contribution in [0.25, 0.3) is 0 Å². The summed E-state index contributed by atoms with van der Waals surface area (Å²) in [4.78, 5) is 26.8. The average molecular weight is 271 g/mol. The van der Waals surface area contributed by atoms with Crippen LogP contribution in [0, 0.1) is 0 Å². The fourth-order valence-electron chi connectivity index (χ4n) is 1.66. The molecule has 0 bridgehead atoms. The van der Waals surface area contributed by atoms with Crippen molar-refractivity contribution in [3.63, 3.8) is 0 Å². The first-order valence-corrected chi connectivity index (χ1v) is 5.38. The lowest BCUT2D eigenvalue weighted by atomic mass is 9.90. The van der Waals surface area contributed by atoms with Crippen molar-refractivity contribution >= 4 is 17.5 Å². The van der Waals surface area contributed by atoms with Gasteiger partial charge in [0.25, 0.3) is 0 Å². The molecule has 0 radical (unpaired) electrons. The largest absolute Gasteiger partial charge is 0.462 e. The zero-order chi connectivity index (χ0) is 14.2. The molecule has 1 aliphatic heterocycles. The van der Waals surface area contributed by atoms with Gasteiger partial charge in [-0.15, -0.1) is 0 Å². The Balaban J connectivity index is 2.44. The van der Waals surface area contributed by atoms with Crippen LogP contribution in [0.1, 0.15) is 6.92 Å². The molecule has 100 valence electrons. The quantitative estimate of drug-likeness (QED) is 0.569. The van der Waals surface area contributed by atoms with E-state index in [0.717, 1.165) is 6.20 Å². The topological polar surface area (TPSA) is 55.7 Å². The van der Waals surface area contributed by atoms with Gasteiger partial charge >= 0.3 is 5.97 Å². The molecule has 0 saturated heterocycles. The van der Waals surface area contributed by atoms with E-state index in [-0.39, 0.29) is 6.61 Å². The van der Waals surface area contributed by atoms with Crippen molar-refractivity contribution in [2.45, 2.75) is 13.1 Å². The van der Waals surface area contributed by atoms with E-state index in [1.165, 1.54) is 6.92 Å². The smallest absolute Gasteiger partial charge is 0.343 e. The average Bonchev–Trinajstić information content (AvgIpc) is 2.38. The Morgan fingerprint density at radius 2 is 2.16 bits per heavy atom. The summed E-state index contributed by atoms with van der Waals surface area (Å²) in [6.45, 7) is 1.57. The van der Waals surface area contributed by atoms with E-state index in [2.05, 4.69) is 9.73 Å². The molecule has 1 aliphatic carbocycles. The number of fused-ring (bicyclic) bond motifs is 1. The zero-order valence-electron chi connectivity index (χ0n) is 9.75. The van der Waals surface area contributed by atoms with E-state index in [1.54, 1.807) is 0 Å². The number of ketones is 1. The molecule has 0 aromatic rings. The number of alkyl halides is 1. The standard InChI is InChI=1S/C12H8F3NO3/c1-2-19-12(18)6-4-16-10-5(11(6)17)3-7(13)8(14)9(10)15/h3-4,9H,2H2,1H3. The molecule has 1 unspecified atom stereocenters. The molecule has 2 aliphatic rings. The van der Waals surface area contributed by atoms with Crippen LogP contribution in [-0.4, -0.2) is 30.2 Å². The molecule has 0 saturated carbocycles. The predicted octanol–water partition coefficient (Wildman–Crippen LogP) is 1.89. The molecule has 19 heavy (non-hydrogen) atoms. The van der Waals surface area contributed by atoms with Gasteiger partial charge in [0.1, 0.15) is 5.57 Å². The second-order valence-electron chi connectivity index (χ2n) is 3.72. The SMILES string of the molecule is CCOC(=O)C1=CN=C2C(=CC(F)=C(F)C2F)C1=O. The highest BCUT2D eigenvalue weighted by molar-refractivity contribution is 6.37. The van der Waals surface area contributed by atoms with Crippen LogP contribution in [0.4, 0.5) is 13.2 Å². The first-order valence-electron chi connectivity index (χ1n) is 5.38. The summed E-state index contributed by atoms with van der Waals surface area (Å²) in [7, 11) is 0. The minimum absolute atomic E-state index is 0.0354. The summed E-state index contributed by atoms with van der Waals surface area (Å²) < 4.78 is 44.2. The molecule has 7 heteroatoms. The lowest BCUT2D eigenvalue weighted by Crippen LogP contribution is -2.32. The molecule has 0 N–H and O–H groups in total. The number of Topliss-reactive ketones (excluding diaryl/α,β-unsaturated/α-hetero) is 1. The summed E-state index contributed by atoms with van der Waals surface area (Å²) in [6, 6.07) is 0. The van der Waals surface area contributed by atoms with E-state index in [1.807, 2.05) is 0 Å². The van der Waals surface area contributed by atoms with Gasteiger partial charge in [-0.25, -0.2) is 18.0 Å². The highest BCUT2D eigenvalue weighted by Crippen LogP contribution is 2.31. The summed E-state index contributed by atoms with van der Waals surface area (Å²) in [6.07, 6.45) is -1.11. The third-order valence-corrected chi connectivity index (χ3v) is 2.56. The Bertz CT molecular complexity index is 587. The molecule has 0 fully saturated rings. The normalized spacial score (nSPS) is 22.4. The molecule has 0 amide bonds. The fourth-order valence-corrected chi connectivity index (χ4v) is 1.66. The van der Waals surface area contributed by atoms with Gasteiger partial charge in [0.05, 0.1) is 17.9 Å². The molecule has 0 aromatic carbocycles. The van der Waals surface area contributed by atoms with E-state index < -0.39 is 46.4 Å². The number of hydrogen-bond acceptors (Lipinski definition) is 4. The van der Waals surface area contributed by atoms with E-state index >= 15 is 0 Å². The number of rotatable bonds is 2. The lowest BCUT2D eigenvalue weighted by molar-refractivity contribution is -0.139. The maximum Gasteiger partial charge on any atom is 0.343 e. The van der Waals surface area contributed by atoms with Crippen molar-refractivity contribution in [1.82, 2.24) is 0 Å². The van der Waals surface area contributed by atoms with Gasteiger partial charge in [-0.3, -0.25) is 9.79 Å². The number of carbonyl (C=O) groups is 2. The summed E-state index contributed by atoms with van der Waals surface area (Å²) >= 11 is 0. The van der Waals surface area contributed by atoms with E-state index in [0.29, 0.717) is 6.08 Å². The minimum atomic E-state index is -2.44. The Labute approximate surface area is 106 Å². The van der Waals surface area contributed by atoms with Crippen molar-refractivity contribution in [1.29, 1.82) is 0 Å². The molecule has 2 rings (SSSR count). The van der Waals surface area contributed by atoms with Gasteiger partial charge in [-0.1, -0.05) is 0 Å². The molecule has 0 aromatic heterocycles. The maximum atomic E-state index is 13.5. The van der Waals surface area contributed by atoms with Gasteiger partial charge in [0.2, 0.25) is 5.78 Å². The second-order valence-corrected chi connectivity index (χ2v) is 3.72. The maximum absolute atomic E-state index is 13.5. The van der Waals surface area contributed by atoms with Gasteiger partial charge in [0, 0.05) is 6.20 Å². The molecule has 4 nitrogen and oxygen atoms in total. The van der Waals surface area contributed by atoms with Crippen molar-refractivity contribution in [3.8, 4) is 0 Å². The number of esters is 1. The third kappa shape index (κ3) is 2.11. The van der Waals surface area contributed by atoms with E-state index in [9.17, 15) is 22.8 Å². The zero-order valence-corrected chi connectivity index (χ0v) is 9.75. The van der Waals surface area contributed by atoms with Crippen LogP contribution < -0.4 is 0 Å². The summed E-state index contributed by atoms with van der Waals surface area (Å²) in [5.41, 5.74) is -1.46. The number of halogens is 3. The van der Waals surface area contributed by atoms with Gasteiger partial charge < -0.3 is 4.74 Å². The number of allylic oxidation sites excluding steroid dienone is 4. The van der Waals surface area contributed by atoms with Gasteiger partial charge in [0.15, 0.2) is 17.8 Å². The number of nitrogens with zero attached hydrogens (tertiary/aromatic N) is 1. The van der Waals surface area contributed by atoms with Crippen LogP contribution >= 0.6 is 0 Å². The van der Waals surface area contributed by atoms with Crippen LogP contribution in [0.15, 0.2) is 40.1 Å². The number of aliphatic imine (C=N–C) groups is 1. The Morgan fingerprint density at radius 3 is 2.79 bits per heavy atom. The third-order valence-electron chi connectivity index (χ3n) is 2.56. The van der Waals surface area contributed by atoms with Crippen LogP contribution in [-0.2, 0) is 14.3 Å². The molecule has 1 heterocycles. The van der Waals surface area contributed by atoms with Crippen LogP contribution in [0.3, 0.4) is 0 Å². The van der Waals surface area contributed by atoms with Crippen molar-refractivity contribution in [2.24, 2.45) is 4.99 Å². The first-order chi connectivity index (χ1) is 8.97. The molecular formula is C12H8F3NO3. The minimum Gasteiger partial charge on any atom is -0.462 e. The number of hydrogen-bond donors (Lipinski definition) is 0. The van der Waals surface area contributed by atoms with Crippen molar-refractivity contribution in [3.05, 3.63) is 35.1 Å².